The molecule has 0 fully saturated rings. The Bertz CT molecular complexity index is 793. The van der Waals surface area contributed by atoms with Crippen LogP contribution in [0.4, 0.5) is 0 Å². The van der Waals surface area contributed by atoms with Gasteiger partial charge in [0, 0.05) is 10.1 Å². The normalized spacial score (nSPS) is 10.5. The molecule has 104 valence electrons. The van der Waals surface area contributed by atoms with Crippen molar-refractivity contribution in [1.82, 2.24) is 5.32 Å². The third-order valence-corrected chi connectivity index (χ3v) is 4.38. The highest BCUT2D eigenvalue weighted by Crippen LogP contribution is 2.18. The summed E-state index contributed by atoms with van der Waals surface area (Å²) in [6, 6.07) is 22.0. The van der Waals surface area contributed by atoms with Gasteiger partial charge in [-0.15, -0.1) is 0 Å². The zero-order valence-corrected chi connectivity index (χ0v) is 13.5. The SMILES string of the molecule is O=C(NCc1cccc2ccccc12)c1ccccc1I. The number of halogens is 1. The van der Waals surface area contributed by atoms with Gasteiger partial charge in [-0.25, -0.2) is 0 Å². The Morgan fingerprint density at radius 1 is 0.905 bits per heavy atom. The molecule has 0 saturated carbocycles. The maximum absolute atomic E-state index is 12.3. The van der Waals surface area contributed by atoms with Gasteiger partial charge in [-0.05, 0) is 51.1 Å². The molecule has 3 aromatic rings. The van der Waals surface area contributed by atoms with E-state index in [1.54, 1.807) is 0 Å². The molecule has 3 aromatic carbocycles. The van der Waals surface area contributed by atoms with Crippen LogP contribution in [0.5, 0.6) is 0 Å². The van der Waals surface area contributed by atoms with E-state index in [0.29, 0.717) is 6.54 Å². The number of hydrogen-bond acceptors (Lipinski definition) is 1. The summed E-state index contributed by atoms with van der Waals surface area (Å²) in [5.41, 5.74) is 1.85. The molecule has 3 rings (SSSR count). The number of rotatable bonds is 3. The van der Waals surface area contributed by atoms with Gasteiger partial charge in [-0.2, -0.15) is 0 Å². The Labute approximate surface area is 137 Å². The Kier molecular flexibility index (Phi) is 4.20. The number of carbonyl (C=O) groups is 1. The van der Waals surface area contributed by atoms with Crippen molar-refractivity contribution in [1.29, 1.82) is 0 Å². The van der Waals surface area contributed by atoms with E-state index in [0.717, 1.165) is 14.7 Å². The van der Waals surface area contributed by atoms with E-state index >= 15 is 0 Å². The number of benzene rings is 3. The minimum absolute atomic E-state index is 0.0343. The van der Waals surface area contributed by atoms with Gasteiger partial charge in [0.2, 0.25) is 0 Å². The molecule has 0 spiro atoms. The molecule has 0 aromatic heterocycles. The van der Waals surface area contributed by atoms with Crippen LogP contribution in [0, 0.1) is 3.57 Å². The fraction of sp³-hybridized carbons (Fsp3) is 0.0556. The molecule has 0 aliphatic rings. The fourth-order valence-electron chi connectivity index (χ4n) is 2.36. The number of nitrogens with one attached hydrogen (secondary N) is 1. The van der Waals surface area contributed by atoms with Crippen molar-refractivity contribution in [2.75, 3.05) is 0 Å². The van der Waals surface area contributed by atoms with Crippen LogP contribution < -0.4 is 5.32 Å². The molecular weight excluding hydrogens is 373 g/mol. The summed E-state index contributed by atoms with van der Waals surface area (Å²) in [5, 5.41) is 5.38. The topological polar surface area (TPSA) is 29.1 Å². The molecule has 1 amide bonds. The first-order valence-corrected chi connectivity index (χ1v) is 7.83. The summed E-state index contributed by atoms with van der Waals surface area (Å²) in [4.78, 5) is 12.3. The number of amides is 1. The molecule has 2 nitrogen and oxygen atoms in total. The van der Waals surface area contributed by atoms with Gasteiger partial charge in [0.05, 0.1) is 5.56 Å². The van der Waals surface area contributed by atoms with Crippen molar-refractivity contribution in [3.05, 3.63) is 81.4 Å². The van der Waals surface area contributed by atoms with E-state index in [1.165, 1.54) is 10.8 Å². The van der Waals surface area contributed by atoms with Crippen molar-refractivity contribution in [3.8, 4) is 0 Å². The zero-order chi connectivity index (χ0) is 14.7. The Morgan fingerprint density at radius 3 is 2.48 bits per heavy atom. The predicted molar refractivity (Wildman–Crippen MR) is 94.3 cm³/mol. The summed E-state index contributed by atoms with van der Waals surface area (Å²) in [6.07, 6.45) is 0. The predicted octanol–water partition coefficient (Wildman–Crippen LogP) is 4.37. The summed E-state index contributed by atoms with van der Waals surface area (Å²) in [5.74, 6) is -0.0343. The van der Waals surface area contributed by atoms with Crippen LogP contribution in [-0.4, -0.2) is 5.91 Å². The largest absolute Gasteiger partial charge is 0.348 e. The lowest BCUT2D eigenvalue weighted by molar-refractivity contribution is 0.0950. The Balaban J connectivity index is 1.81. The molecule has 0 heterocycles. The van der Waals surface area contributed by atoms with Crippen LogP contribution in [0.25, 0.3) is 10.8 Å². The monoisotopic (exact) mass is 387 g/mol. The summed E-state index contributed by atoms with van der Waals surface area (Å²) in [6.45, 7) is 0.533. The summed E-state index contributed by atoms with van der Waals surface area (Å²) in [7, 11) is 0. The average Bonchev–Trinajstić information content (AvgIpc) is 2.53. The van der Waals surface area contributed by atoms with Gasteiger partial charge in [-0.3, -0.25) is 4.79 Å². The number of fused-ring (bicyclic) bond motifs is 1. The van der Waals surface area contributed by atoms with Gasteiger partial charge in [0.25, 0.3) is 5.91 Å². The lowest BCUT2D eigenvalue weighted by atomic mass is 10.0. The highest BCUT2D eigenvalue weighted by molar-refractivity contribution is 14.1. The Morgan fingerprint density at radius 2 is 1.62 bits per heavy atom. The molecule has 21 heavy (non-hydrogen) atoms. The lowest BCUT2D eigenvalue weighted by Crippen LogP contribution is -2.23. The Hall–Kier alpha value is -1.88. The van der Waals surface area contributed by atoms with Gasteiger partial charge in [0.15, 0.2) is 0 Å². The molecule has 0 aliphatic carbocycles. The van der Waals surface area contributed by atoms with Crippen molar-refractivity contribution in [2.45, 2.75) is 6.54 Å². The first kappa shape index (κ1) is 14.1. The molecule has 0 radical (unpaired) electrons. The van der Waals surface area contributed by atoms with Gasteiger partial charge >= 0.3 is 0 Å². The quantitative estimate of drug-likeness (QED) is 0.665. The first-order chi connectivity index (χ1) is 10.3. The highest BCUT2D eigenvalue weighted by atomic mass is 127. The third-order valence-electron chi connectivity index (χ3n) is 3.44. The van der Waals surface area contributed by atoms with Gasteiger partial charge in [-0.1, -0.05) is 54.6 Å². The van der Waals surface area contributed by atoms with Crippen molar-refractivity contribution >= 4 is 39.3 Å². The zero-order valence-electron chi connectivity index (χ0n) is 11.3. The van der Waals surface area contributed by atoms with Crippen LogP contribution in [0.1, 0.15) is 15.9 Å². The third kappa shape index (κ3) is 3.08. The second-order valence-electron chi connectivity index (χ2n) is 4.80. The molecule has 1 N–H and O–H groups in total. The van der Waals surface area contributed by atoms with E-state index in [4.69, 9.17) is 0 Å². The smallest absolute Gasteiger partial charge is 0.252 e. The number of hydrogen-bond donors (Lipinski definition) is 1. The van der Waals surface area contributed by atoms with E-state index in [1.807, 2.05) is 42.5 Å². The fourth-order valence-corrected chi connectivity index (χ4v) is 3.00. The maximum Gasteiger partial charge on any atom is 0.252 e. The highest BCUT2D eigenvalue weighted by Gasteiger charge is 2.09. The first-order valence-electron chi connectivity index (χ1n) is 6.75. The molecule has 0 unspecified atom stereocenters. The van der Waals surface area contributed by atoms with E-state index in [2.05, 4.69) is 52.2 Å². The minimum Gasteiger partial charge on any atom is -0.348 e. The van der Waals surface area contributed by atoms with E-state index in [-0.39, 0.29) is 5.91 Å². The second-order valence-corrected chi connectivity index (χ2v) is 5.96. The summed E-state index contributed by atoms with van der Waals surface area (Å²) < 4.78 is 0.963. The van der Waals surface area contributed by atoms with Gasteiger partial charge < -0.3 is 5.32 Å². The molecule has 0 atom stereocenters. The molecular formula is C18H14INO. The standard InChI is InChI=1S/C18H14INO/c19-17-11-4-3-10-16(17)18(21)20-12-14-8-5-7-13-6-1-2-9-15(13)14/h1-11H,12H2,(H,20,21). The average molecular weight is 387 g/mol. The van der Waals surface area contributed by atoms with Crippen molar-refractivity contribution in [2.24, 2.45) is 0 Å². The molecule has 3 heteroatoms. The number of carbonyl (C=O) groups excluding carboxylic acids is 1. The van der Waals surface area contributed by atoms with Gasteiger partial charge in [0.1, 0.15) is 0 Å². The minimum atomic E-state index is -0.0343. The van der Waals surface area contributed by atoms with Crippen LogP contribution in [0.2, 0.25) is 0 Å². The van der Waals surface area contributed by atoms with Crippen LogP contribution >= 0.6 is 22.6 Å². The molecule has 0 aliphatic heterocycles. The maximum atomic E-state index is 12.3. The second kappa shape index (κ2) is 6.26. The van der Waals surface area contributed by atoms with Crippen LogP contribution in [0.15, 0.2) is 66.7 Å². The van der Waals surface area contributed by atoms with Crippen LogP contribution in [-0.2, 0) is 6.54 Å². The van der Waals surface area contributed by atoms with Crippen LogP contribution in [0.3, 0.4) is 0 Å². The van der Waals surface area contributed by atoms with Crippen molar-refractivity contribution < 1.29 is 4.79 Å². The lowest BCUT2D eigenvalue weighted by Gasteiger charge is -2.09. The van der Waals surface area contributed by atoms with Crippen molar-refractivity contribution in [3.63, 3.8) is 0 Å². The molecule has 0 bridgehead atoms. The molecule has 0 saturated heterocycles. The van der Waals surface area contributed by atoms with E-state index < -0.39 is 0 Å². The van der Waals surface area contributed by atoms with E-state index in [9.17, 15) is 4.79 Å². The summed E-state index contributed by atoms with van der Waals surface area (Å²) >= 11 is 2.18.